The zero-order valence-corrected chi connectivity index (χ0v) is 21.9. The lowest BCUT2D eigenvalue weighted by Crippen LogP contribution is -2.44. The van der Waals surface area contributed by atoms with Crippen LogP contribution in [0.25, 0.3) is 0 Å². The monoisotopic (exact) mass is 442 g/mol. The minimum Gasteiger partial charge on any atom is -0.381 e. The lowest BCUT2D eigenvalue weighted by molar-refractivity contribution is -0.122. The van der Waals surface area contributed by atoms with Crippen molar-refractivity contribution in [2.75, 3.05) is 26.7 Å². The van der Waals surface area contributed by atoms with Crippen LogP contribution in [0.3, 0.4) is 0 Å². The van der Waals surface area contributed by atoms with Gasteiger partial charge in [-0.15, -0.1) is 0 Å². The highest BCUT2D eigenvalue weighted by Crippen LogP contribution is 2.19. The molecule has 0 saturated heterocycles. The van der Waals surface area contributed by atoms with Gasteiger partial charge in [0.05, 0.1) is 0 Å². The Morgan fingerprint density at radius 2 is 1.78 bits per heavy atom. The summed E-state index contributed by atoms with van der Waals surface area (Å²) in [6.07, 6.45) is 11.1. The quantitative estimate of drug-likeness (QED) is 0.202. The Hall–Kier alpha value is -2.56. The molecule has 5 nitrogen and oxygen atoms in total. The van der Waals surface area contributed by atoms with E-state index in [1.54, 1.807) is 0 Å². The summed E-state index contributed by atoms with van der Waals surface area (Å²) in [5, 5.41) is 11.8. The third-order valence-corrected chi connectivity index (χ3v) is 5.59. The van der Waals surface area contributed by atoms with Crippen LogP contribution in [0.15, 0.2) is 59.0 Å². The number of amides is 1. The zero-order valence-electron chi connectivity index (χ0n) is 21.9. The Kier molecular flexibility index (Phi) is 13.3. The molecule has 0 spiro atoms. The molecule has 0 bridgehead atoms. The number of unbranched alkanes of at least 4 members (excludes halogenated alkanes) is 1. The number of carbonyl (C=O) groups is 1. The van der Waals surface area contributed by atoms with Gasteiger partial charge in [-0.05, 0) is 77.7 Å². The molecule has 0 unspecified atom stereocenters. The van der Waals surface area contributed by atoms with E-state index in [0.29, 0.717) is 18.8 Å². The highest BCUT2D eigenvalue weighted by Gasteiger charge is 2.19. The Bertz CT molecular complexity index is 763. The molecule has 0 aromatic heterocycles. The van der Waals surface area contributed by atoms with Crippen LogP contribution in [0.2, 0.25) is 0 Å². The number of nitrogens with zero attached hydrogens (tertiary/aromatic N) is 2. The SMILES string of the molecule is C=C/C(=C\C)CNC(/C=C(\C)N(C)CCN(C=O)C(C)(C)C)=C(C)/C(=C/CCC)C(C)=N. The number of carbonyl (C=O) groups excluding carboxylic acids is 1. The average Bonchev–Trinajstić information content (AvgIpc) is 2.72. The molecule has 0 aliphatic heterocycles. The molecule has 0 aliphatic rings. The number of rotatable bonds is 14. The normalized spacial score (nSPS) is 14.0. The van der Waals surface area contributed by atoms with Crippen molar-refractivity contribution in [2.24, 2.45) is 0 Å². The summed E-state index contributed by atoms with van der Waals surface area (Å²) < 4.78 is 0. The van der Waals surface area contributed by atoms with Gasteiger partial charge in [0.2, 0.25) is 6.41 Å². The maximum absolute atomic E-state index is 11.5. The van der Waals surface area contributed by atoms with Gasteiger partial charge in [0, 0.05) is 49.3 Å². The largest absolute Gasteiger partial charge is 0.381 e. The van der Waals surface area contributed by atoms with E-state index in [2.05, 4.69) is 49.7 Å². The predicted octanol–water partition coefficient (Wildman–Crippen LogP) is 5.84. The minimum atomic E-state index is -0.197. The minimum absolute atomic E-state index is 0.197. The van der Waals surface area contributed by atoms with Crippen LogP contribution >= 0.6 is 0 Å². The van der Waals surface area contributed by atoms with E-state index in [-0.39, 0.29) is 5.54 Å². The van der Waals surface area contributed by atoms with Gasteiger partial charge >= 0.3 is 0 Å². The first-order chi connectivity index (χ1) is 14.9. The summed E-state index contributed by atoms with van der Waals surface area (Å²) in [4.78, 5) is 15.5. The molecule has 0 aliphatic carbocycles. The van der Waals surface area contributed by atoms with Gasteiger partial charge in [-0.25, -0.2) is 0 Å². The number of likely N-dealkylation sites (N-methyl/N-ethyl adjacent to an activating group) is 1. The second-order valence-electron chi connectivity index (χ2n) is 9.17. The maximum atomic E-state index is 11.5. The lowest BCUT2D eigenvalue weighted by atomic mass is 9.99. The van der Waals surface area contributed by atoms with Crippen LogP contribution in [0.4, 0.5) is 0 Å². The van der Waals surface area contributed by atoms with Gasteiger partial charge in [0.25, 0.3) is 0 Å². The number of nitrogens with one attached hydrogen (secondary N) is 2. The summed E-state index contributed by atoms with van der Waals surface area (Å²) in [5.74, 6) is 0. The van der Waals surface area contributed by atoms with E-state index >= 15 is 0 Å². The van der Waals surface area contributed by atoms with E-state index in [1.807, 2.05) is 58.7 Å². The molecule has 5 heteroatoms. The van der Waals surface area contributed by atoms with Gasteiger partial charge in [0.1, 0.15) is 0 Å². The van der Waals surface area contributed by atoms with Crippen LogP contribution in [0.1, 0.15) is 68.2 Å². The van der Waals surface area contributed by atoms with Gasteiger partial charge in [-0.2, -0.15) is 0 Å². The second-order valence-corrected chi connectivity index (χ2v) is 9.17. The summed E-state index contributed by atoms with van der Waals surface area (Å²) >= 11 is 0. The third-order valence-electron chi connectivity index (χ3n) is 5.59. The van der Waals surface area contributed by atoms with E-state index in [1.165, 1.54) is 0 Å². The smallest absolute Gasteiger partial charge is 0.210 e. The van der Waals surface area contributed by atoms with Crippen LogP contribution in [-0.2, 0) is 4.79 Å². The first-order valence-corrected chi connectivity index (χ1v) is 11.5. The lowest BCUT2D eigenvalue weighted by Gasteiger charge is -2.34. The van der Waals surface area contributed by atoms with Crippen molar-refractivity contribution in [3.05, 3.63) is 59.0 Å². The van der Waals surface area contributed by atoms with Gasteiger partial charge in [-0.3, -0.25) is 4.79 Å². The first-order valence-electron chi connectivity index (χ1n) is 11.5. The van der Waals surface area contributed by atoms with Crippen molar-refractivity contribution in [3.63, 3.8) is 0 Å². The molecular weight excluding hydrogens is 396 g/mol. The average molecular weight is 443 g/mol. The van der Waals surface area contributed by atoms with Crippen molar-refractivity contribution in [1.82, 2.24) is 15.1 Å². The first kappa shape index (κ1) is 29.4. The molecule has 180 valence electrons. The number of allylic oxidation sites excluding steroid dienone is 6. The van der Waals surface area contributed by atoms with Gasteiger partial charge < -0.3 is 20.5 Å². The molecular formula is C27H46N4O. The van der Waals surface area contributed by atoms with Crippen molar-refractivity contribution >= 4 is 12.1 Å². The Labute approximate surface area is 197 Å². The van der Waals surface area contributed by atoms with E-state index in [4.69, 9.17) is 5.41 Å². The van der Waals surface area contributed by atoms with E-state index < -0.39 is 0 Å². The molecule has 1 amide bonds. The van der Waals surface area contributed by atoms with Crippen LogP contribution < -0.4 is 5.32 Å². The van der Waals surface area contributed by atoms with Crippen molar-refractivity contribution in [1.29, 1.82) is 5.41 Å². The summed E-state index contributed by atoms with van der Waals surface area (Å²) in [6.45, 7) is 22.2. The highest BCUT2D eigenvalue weighted by atomic mass is 16.1. The highest BCUT2D eigenvalue weighted by molar-refractivity contribution is 5.99. The molecule has 2 N–H and O–H groups in total. The van der Waals surface area contributed by atoms with E-state index in [0.717, 1.165) is 53.9 Å². The molecule has 0 aromatic carbocycles. The molecule has 0 radical (unpaired) electrons. The van der Waals surface area contributed by atoms with Crippen LogP contribution in [0.5, 0.6) is 0 Å². The number of hydrogen-bond acceptors (Lipinski definition) is 4. The van der Waals surface area contributed by atoms with Gasteiger partial charge in [-0.1, -0.05) is 38.2 Å². The zero-order chi connectivity index (χ0) is 24.9. The predicted molar refractivity (Wildman–Crippen MR) is 140 cm³/mol. The Balaban J connectivity index is 5.97. The van der Waals surface area contributed by atoms with Gasteiger partial charge in [0.15, 0.2) is 0 Å². The molecule has 0 fully saturated rings. The summed E-state index contributed by atoms with van der Waals surface area (Å²) in [5.41, 5.74) is 5.60. The van der Waals surface area contributed by atoms with Crippen LogP contribution in [0, 0.1) is 5.41 Å². The summed E-state index contributed by atoms with van der Waals surface area (Å²) in [6, 6.07) is 0. The Morgan fingerprint density at radius 3 is 2.22 bits per heavy atom. The van der Waals surface area contributed by atoms with Crippen molar-refractivity contribution < 1.29 is 4.79 Å². The fourth-order valence-electron chi connectivity index (χ4n) is 3.10. The molecule has 0 aromatic rings. The fraction of sp³-hybridized carbons (Fsp3) is 0.556. The second kappa shape index (κ2) is 14.5. The maximum Gasteiger partial charge on any atom is 0.210 e. The fourth-order valence-corrected chi connectivity index (χ4v) is 3.10. The van der Waals surface area contributed by atoms with Crippen molar-refractivity contribution in [2.45, 2.75) is 73.8 Å². The topological polar surface area (TPSA) is 59.4 Å². The Morgan fingerprint density at radius 1 is 1.16 bits per heavy atom. The van der Waals surface area contributed by atoms with Crippen LogP contribution in [-0.4, -0.2) is 54.1 Å². The van der Waals surface area contributed by atoms with E-state index in [9.17, 15) is 4.79 Å². The molecule has 0 rings (SSSR count). The molecule has 32 heavy (non-hydrogen) atoms. The summed E-state index contributed by atoms with van der Waals surface area (Å²) in [7, 11) is 2.04. The van der Waals surface area contributed by atoms with Crippen molar-refractivity contribution in [3.8, 4) is 0 Å². The number of hydrogen-bond donors (Lipinski definition) is 2. The standard InChI is InChI=1S/C27H46N4O/c1-11-14-15-25(23(6)28)22(5)26(29-19-24(12-2)13-3)18-21(4)30(10)16-17-31(20-32)27(7,8)9/h12-13,15,18,20,28-29H,2,11,14,16-17,19H2,1,3-10H3/b21-18+,24-13+,25-15-,26-22+,28-23?. The third kappa shape index (κ3) is 10.2. The molecule has 0 heterocycles. The molecule has 0 saturated carbocycles. The molecule has 0 atom stereocenters.